The number of nitrogens with one attached hydrogen (secondary N) is 3. The fourth-order valence-electron chi connectivity index (χ4n) is 2.29. The van der Waals surface area contributed by atoms with Crippen molar-refractivity contribution in [1.29, 1.82) is 0 Å². The number of sulfone groups is 1. The predicted octanol–water partition coefficient (Wildman–Crippen LogP) is 0.980. The van der Waals surface area contributed by atoms with Crippen LogP contribution in [0.1, 0.15) is 30.9 Å². The first-order chi connectivity index (χ1) is 11.8. The SMILES string of the molecule is CCCNC(=O)CCNC(=NC)NCc1ccc(S(C)(=O)=O)c(C)c1. The van der Waals surface area contributed by atoms with E-state index in [0.717, 1.165) is 17.5 Å². The third-order valence-electron chi connectivity index (χ3n) is 3.54. The van der Waals surface area contributed by atoms with E-state index >= 15 is 0 Å². The number of nitrogens with zero attached hydrogens (tertiary/aromatic N) is 1. The Morgan fingerprint density at radius 2 is 1.88 bits per heavy atom. The second-order valence-corrected chi connectivity index (χ2v) is 7.81. The van der Waals surface area contributed by atoms with E-state index in [-0.39, 0.29) is 5.91 Å². The summed E-state index contributed by atoms with van der Waals surface area (Å²) in [5, 5.41) is 9.04. The molecule has 0 aromatic heterocycles. The van der Waals surface area contributed by atoms with Crippen LogP contribution >= 0.6 is 0 Å². The molecule has 0 heterocycles. The number of hydrogen-bond donors (Lipinski definition) is 3. The van der Waals surface area contributed by atoms with Crippen LogP contribution in [0.25, 0.3) is 0 Å². The summed E-state index contributed by atoms with van der Waals surface area (Å²) < 4.78 is 23.3. The lowest BCUT2D eigenvalue weighted by Gasteiger charge is -2.13. The highest BCUT2D eigenvalue weighted by Gasteiger charge is 2.11. The molecule has 1 amide bonds. The van der Waals surface area contributed by atoms with Gasteiger partial charge in [-0.25, -0.2) is 8.42 Å². The Kier molecular flexibility index (Phi) is 8.40. The van der Waals surface area contributed by atoms with Crippen molar-refractivity contribution in [2.75, 3.05) is 26.4 Å². The summed E-state index contributed by atoms with van der Waals surface area (Å²) in [5.41, 5.74) is 1.67. The van der Waals surface area contributed by atoms with Crippen molar-refractivity contribution in [3.05, 3.63) is 29.3 Å². The molecule has 0 saturated carbocycles. The highest BCUT2D eigenvalue weighted by Crippen LogP contribution is 2.16. The third-order valence-corrected chi connectivity index (χ3v) is 4.80. The summed E-state index contributed by atoms with van der Waals surface area (Å²) in [6, 6.07) is 5.24. The van der Waals surface area contributed by atoms with Gasteiger partial charge in [-0.1, -0.05) is 19.1 Å². The molecule has 0 unspecified atom stereocenters. The molecule has 0 aliphatic rings. The Morgan fingerprint density at radius 1 is 1.16 bits per heavy atom. The Bertz CT molecular complexity index is 715. The fraction of sp³-hybridized carbons (Fsp3) is 0.529. The molecule has 0 aliphatic carbocycles. The standard InChI is InChI=1S/C17H28N4O3S/c1-5-9-19-16(22)8-10-20-17(18-3)21-12-14-6-7-15(13(2)11-14)25(4,23)24/h6-7,11H,5,8-10,12H2,1-4H3,(H,19,22)(H2,18,20,21). The van der Waals surface area contributed by atoms with Gasteiger partial charge in [-0.05, 0) is 30.5 Å². The fourth-order valence-corrected chi connectivity index (χ4v) is 3.25. The molecule has 140 valence electrons. The van der Waals surface area contributed by atoms with E-state index in [2.05, 4.69) is 20.9 Å². The molecule has 0 aliphatic heterocycles. The zero-order valence-electron chi connectivity index (χ0n) is 15.3. The van der Waals surface area contributed by atoms with Gasteiger partial charge in [0.05, 0.1) is 4.90 Å². The van der Waals surface area contributed by atoms with Crippen molar-refractivity contribution < 1.29 is 13.2 Å². The van der Waals surface area contributed by atoms with Gasteiger partial charge in [0.2, 0.25) is 5.91 Å². The first-order valence-corrected chi connectivity index (χ1v) is 10.2. The van der Waals surface area contributed by atoms with E-state index < -0.39 is 9.84 Å². The molecule has 25 heavy (non-hydrogen) atoms. The maximum absolute atomic E-state index is 11.6. The van der Waals surface area contributed by atoms with Gasteiger partial charge in [-0.2, -0.15) is 0 Å². The normalized spacial score (nSPS) is 11.9. The molecule has 0 atom stereocenters. The molecule has 0 bridgehead atoms. The van der Waals surface area contributed by atoms with Crippen LogP contribution in [0.3, 0.4) is 0 Å². The predicted molar refractivity (Wildman–Crippen MR) is 100 cm³/mol. The number of benzene rings is 1. The van der Waals surface area contributed by atoms with Crippen molar-refractivity contribution in [2.24, 2.45) is 4.99 Å². The van der Waals surface area contributed by atoms with Crippen LogP contribution < -0.4 is 16.0 Å². The van der Waals surface area contributed by atoms with Gasteiger partial charge >= 0.3 is 0 Å². The summed E-state index contributed by atoms with van der Waals surface area (Å²) in [7, 11) is -1.55. The molecule has 1 rings (SSSR count). The van der Waals surface area contributed by atoms with Crippen LogP contribution in [0.5, 0.6) is 0 Å². The number of guanidine groups is 1. The van der Waals surface area contributed by atoms with Gasteiger partial charge in [-0.15, -0.1) is 0 Å². The smallest absolute Gasteiger partial charge is 0.221 e. The van der Waals surface area contributed by atoms with E-state index in [0.29, 0.717) is 36.9 Å². The van der Waals surface area contributed by atoms with Crippen molar-refractivity contribution in [3.63, 3.8) is 0 Å². The average Bonchev–Trinajstić information content (AvgIpc) is 2.54. The molecule has 1 aromatic rings. The quantitative estimate of drug-likeness (QED) is 0.469. The summed E-state index contributed by atoms with van der Waals surface area (Å²) in [6.07, 6.45) is 2.50. The monoisotopic (exact) mass is 368 g/mol. The largest absolute Gasteiger partial charge is 0.356 e. The first kappa shape index (κ1) is 21.0. The first-order valence-electron chi connectivity index (χ1n) is 8.28. The average molecular weight is 369 g/mol. The van der Waals surface area contributed by atoms with Crippen LogP contribution in [0.4, 0.5) is 0 Å². The highest BCUT2D eigenvalue weighted by atomic mass is 32.2. The van der Waals surface area contributed by atoms with Gasteiger partial charge in [0, 0.05) is 39.4 Å². The Labute approximate surface area is 150 Å². The van der Waals surface area contributed by atoms with E-state index in [1.807, 2.05) is 13.0 Å². The zero-order chi connectivity index (χ0) is 18.9. The molecule has 8 heteroatoms. The summed E-state index contributed by atoms with van der Waals surface area (Å²) in [5.74, 6) is 0.602. The maximum atomic E-state index is 11.6. The molecule has 1 aromatic carbocycles. The van der Waals surface area contributed by atoms with E-state index in [1.54, 1.807) is 26.1 Å². The van der Waals surface area contributed by atoms with Crippen molar-refractivity contribution >= 4 is 21.7 Å². The van der Waals surface area contributed by atoms with E-state index in [1.165, 1.54) is 6.26 Å². The van der Waals surface area contributed by atoms with Gasteiger partial charge in [0.15, 0.2) is 15.8 Å². The van der Waals surface area contributed by atoms with Crippen LogP contribution in [-0.2, 0) is 21.2 Å². The summed E-state index contributed by atoms with van der Waals surface area (Å²) in [6.45, 7) is 5.47. The molecular weight excluding hydrogens is 340 g/mol. The second-order valence-electron chi connectivity index (χ2n) is 5.82. The Hall–Kier alpha value is -2.09. The highest BCUT2D eigenvalue weighted by molar-refractivity contribution is 7.90. The lowest BCUT2D eigenvalue weighted by molar-refractivity contribution is -0.120. The van der Waals surface area contributed by atoms with Crippen LogP contribution in [0.2, 0.25) is 0 Å². The molecule has 0 saturated heterocycles. The number of carbonyl (C=O) groups is 1. The number of aliphatic imine (C=N–C) groups is 1. The van der Waals surface area contributed by atoms with Gasteiger partial charge in [0.1, 0.15) is 0 Å². The molecule has 0 spiro atoms. The van der Waals surface area contributed by atoms with E-state index in [9.17, 15) is 13.2 Å². The molecule has 0 fully saturated rings. The lowest BCUT2D eigenvalue weighted by Crippen LogP contribution is -2.39. The number of aryl methyl sites for hydroxylation is 1. The van der Waals surface area contributed by atoms with Crippen LogP contribution in [-0.4, -0.2) is 46.7 Å². The van der Waals surface area contributed by atoms with Crippen LogP contribution in [0.15, 0.2) is 28.1 Å². The maximum Gasteiger partial charge on any atom is 0.221 e. The third kappa shape index (κ3) is 7.55. The van der Waals surface area contributed by atoms with Crippen molar-refractivity contribution in [3.8, 4) is 0 Å². The lowest BCUT2D eigenvalue weighted by atomic mass is 10.1. The van der Waals surface area contributed by atoms with Crippen molar-refractivity contribution in [2.45, 2.75) is 38.1 Å². The Balaban J connectivity index is 2.50. The van der Waals surface area contributed by atoms with Gasteiger partial charge in [0.25, 0.3) is 0 Å². The van der Waals surface area contributed by atoms with Crippen LogP contribution in [0, 0.1) is 6.92 Å². The molecule has 0 radical (unpaired) electrons. The van der Waals surface area contributed by atoms with Crippen molar-refractivity contribution in [1.82, 2.24) is 16.0 Å². The summed E-state index contributed by atoms with van der Waals surface area (Å²) >= 11 is 0. The topological polar surface area (TPSA) is 99.7 Å². The van der Waals surface area contributed by atoms with E-state index in [4.69, 9.17) is 0 Å². The zero-order valence-corrected chi connectivity index (χ0v) is 16.2. The Morgan fingerprint density at radius 3 is 2.44 bits per heavy atom. The minimum absolute atomic E-state index is 0.0109. The molecular formula is C17H28N4O3S. The number of carbonyl (C=O) groups excluding carboxylic acids is 1. The number of amides is 1. The number of hydrogen-bond acceptors (Lipinski definition) is 4. The molecule has 3 N–H and O–H groups in total. The summed E-state index contributed by atoms with van der Waals surface area (Å²) in [4.78, 5) is 16.0. The van der Waals surface area contributed by atoms with Gasteiger partial charge in [-0.3, -0.25) is 9.79 Å². The molecule has 7 nitrogen and oxygen atoms in total. The minimum atomic E-state index is -3.21. The number of rotatable bonds is 8. The minimum Gasteiger partial charge on any atom is -0.356 e. The van der Waals surface area contributed by atoms with Gasteiger partial charge < -0.3 is 16.0 Å². The second kappa shape index (κ2) is 10.0.